The molecule has 0 aliphatic heterocycles. The van der Waals surface area contributed by atoms with Gasteiger partial charge in [0.1, 0.15) is 0 Å². The summed E-state index contributed by atoms with van der Waals surface area (Å²) in [6, 6.07) is 0. The predicted molar refractivity (Wildman–Crippen MR) is 62.4 cm³/mol. The molecule has 1 spiro atoms. The second-order valence-electron chi connectivity index (χ2n) is 5.96. The first kappa shape index (κ1) is 10.5. The van der Waals surface area contributed by atoms with Gasteiger partial charge in [0.2, 0.25) is 0 Å². The summed E-state index contributed by atoms with van der Waals surface area (Å²) < 4.78 is 0. The van der Waals surface area contributed by atoms with Crippen LogP contribution in [-0.2, 0) is 0 Å². The largest absolute Gasteiger partial charge is 0.0648 e. The quantitative estimate of drug-likeness (QED) is 0.555. The predicted octanol–water partition coefficient (Wildman–Crippen LogP) is 4.93. The fourth-order valence-corrected chi connectivity index (χ4v) is 4.18. The maximum Gasteiger partial charge on any atom is -0.0244 e. The molecule has 2 fully saturated rings. The van der Waals surface area contributed by atoms with Crippen molar-refractivity contribution >= 4 is 0 Å². The van der Waals surface area contributed by atoms with Gasteiger partial charge in [-0.1, -0.05) is 52.4 Å². The monoisotopic (exact) mass is 194 g/mol. The van der Waals surface area contributed by atoms with Crippen molar-refractivity contribution in [2.24, 2.45) is 10.8 Å². The molecule has 1 atom stereocenters. The van der Waals surface area contributed by atoms with Crippen molar-refractivity contribution in [2.75, 3.05) is 0 Å². The molecular weight excluding hydrogens is 168 g/mol. The fraction of sp³-hybridized carbons (Fsp3) is 1.00. The summed E-state index contributed by atoms with van der Waals surface area (Å²) in [4.78, 5) is 0. The second kappa shape index (κ2) is 3.87. The topological polar surface area (TPSA) is 0 Å². The average Bonchev–Trinajstić information content (AvgIpc) is 2.24. The van der Waals surface area contributed by atoms with Crippen LogP contribution in [0.3, 0.4) is 0 Å². The molecule has 0 heteroatoms. The third kappa shape index (κ3) is 1.51. The highest BCUT2D eigenvalue weighted by atomic mass is 14.5. The van der Waals surface area contributed by atoms with Crippen LogP contribution in [0.1, 0.15) is 78.1 Å². The van der Waals surface area contributed by atoms with Crippen molar-refractivity contribution in [3.8, 4) is 0 Å². The van der Waals surface area contributed by atoms with E-state index in [1.807, 2.05) is 0 Å². The standard InChI is InChI=1S/C14H26/c1-3-13(2)9-7-8-12-14(13)10-5-4-6-11-14/h3-12H2,1-2H3/t13-/m1/s1. The summed E-state index contributed by atoms with van der Waals surface area (Å²) in [5.41, 5.74) is 1.45. The molecule has 0 bridgehead atoms. The molecule has 0 aromatic carbocycles. The van der Waals surface area contributed by atoms with Gasteiger partial charge in [-0.15, -0.1) is 0 Å². The summed E-state index contributed by atoms with van der Waals surface area (Å²) in [5.74, 6) is 0. The molecule has 2 saturated carbocycles. The SMILES string of the molecule is CC[C@]1(C)CCCCC12CCCCC2. The first-order valence-corrected chi connectivity index (χ1v) is 6.72. The molecule has 0 nitrogen and oxygen atoms in total. The molecule has 2 aliphatic carbocycles. The zero-order valence-corrected chi connectivity index (χ0v) is 10.1. The first-order chi connectivity index (χ1) is 6.72. The lowest BCUT2D eigenvalue weighted by Crippen LogP contribution is -2.43. The van der Waals surface area contributed by atoms with Crippen LogP contribution in [0.15, 0.2) is 0 Å². The minimum atomic E-state index is 0.686. The lowest BCUT2D eigenvalue weighted by Gasteiger charge is -2.54. The number of rotatable bonds is 1. The van der Waals surface area contributed by atoms with Gasteiger partial charge in [0, 0.05) is 0 Å². The van der Waals surface area contributed by atoms with E-state index in [0.717, 1.165) is 5.41 Å². The smallest absolute Gasteiger partial charge is 0.0244 e. The van der Waals surface area contributed by atoms with Gasteiger partial charge in [0.05, 0.1) is 0 Å². The molecule has 0 aromatic rings. The molecule has 2 aliphatic rings. The van der Waals surface area contributed by atoms with E-state index in [0.29, 0.717) is 5.41 Å². The lowest BCUT2D eigenvalue weighted by molar-refractivity contribution is -0.0352. The maximum atomic E-state index is 2.58. The zero-order valence-electron chi connectivity index (χ0n) is 10.1. The Morgan fingerprint density at radius 1 is 0.786 bits per heavy atom. The molecule has 0 amide bonds. The molecule has 0 unspecified atom stereocenters. The minimum absolute atomic E-state index is 0.686. The number of hydrogen-bond donors (Lipinski definition) is 0. The van der Waals surface area contributed by atoms with Crippen LogP contribution in [0, 0.1) is 10.8 Å². The highest BCUT2D eigenvalue weighted by Crippen LogP contribution is 2.59. The van der Waals surface area contributed by atoms with E-state index in [-0.39, 0.29) is 0 Å². The third-order valence-corrected chi connectivity index (χ3v) is 5.51. The highest BCUT2D eigenvalue weighted by Gasteiger charge is 2.47. The van der Waals surface area contributed by atoms with E-state index in [4.69, 9.17) is 0 Å². The van der Waals surface area contributed by atoms with Gasteiger partial charge in [-0.3, -0.25) is 0 Å². The Balaban J connectivity index is 2.19. The summed E-state index contributed by atoms with van der Waals surface area (Å²) >= 11 is 0. The van der Waals surface area contributed by atoms with E-state index in [9.17, 15) is 0 Å². The Labute approximate surface area is 89.5 Å². The molecule has 0 N–H and O–H groups in total. The van der Waals surface area contributed by atoms with Crippen molar-refractivity contribution in [1.82, 2.24) is 0 Å². The summed E-state index contributed by atoms with van der Waals surface area (Å²) in [5, 5.41) is 0. The molecule has 82 valence electrons. The molecule has 0 radical (unpaired) electrons. The van der Waals surface area contributed by atoms with Crippen molar-refractivity contribution in [2.45, 2.75) is 78.1 Å². The number of hydrogen-bond acceptors (Lipinski definition) is 0. The maximum absolute atomic E-state index is 2.58. The zero-order chi connectivity index (χ0) is 10.1. The Hall–Kier alpha value is 0. The normalized spacial score (nSPS) is 37.3. The van der Waals surface area contributed by atoms with Crippen LogP contribution in [-0.4, -0.2) is 0 Å². The Bertz CT molecular complexity index is 180. The van der Waals surface area contributed by atoms with Crippen LogP contribution in [0.5, 0.6) is 0 Å². The Kier molecular flexibility index (Phi) is 2.91. The third-order valence-electron chi connectivity index (χ3n) is 5.51. The van der Waals surface area contributed by atoms with Crippen molar-refractivity contribution in [3.63, 3.8) is 0 Å². The van der Waals surface area contributed by atoms with Crippen molar-refractivity contribution < 1.29 is 0 Å². The summed E-state index contributed by atoms with van der Waals surface area (Å²) in [7, 11) is 0. The highest BCUT2D eigenvalue weighted by molar-refractivity contribution is 4.98. The first-order valence-electron chi connectivity index (χ1n) is 6.72. The molecule has 0 aromatic heterocycles. The van der Waals surface area contributed by atoms with E-state index >= 15 is 0 Å². The van der Waals surface area contributed by atoms with Gasteiger partial charge in [0.25, 0.3) is 0 Å². The molecular formula is C14H26. The van der Waals surface area contributed by atoms with Crippen LogP contribution in [0.25, 0.3) is 0 Å². The minimum Gasteiger partial charge on any atom is -0.0648 e. The van der Waals surface area contributed by atoms with E-state index in [2.05, 4.69) is 13.8 Å². The molecule has 0 heterocycles. The summed E-state index contributed by atoms with van der Waals surface area (Å²) in [6.07, 6.45) is 15.1. The average molecular weight is 194 g/mol. The molecule has 0 saturated heterocycles. The Morgan fingerprint density at radius 3 is 1.86 bits per heavy atom. The van der Waals surface area contributed by atoms with Crippen LogP contribution in [0.2, 0.25) is 0 Å². The van der Waals surface area contributed by atoms with Gasteiger partial charge in [-0.25, -0.2) is 0 Å². The van der Waals surface area contributed by atoms with Crippen molar-refractivity contribution in [1.29, 1.82) is 0 Å². The van der Waals surface area contributed by atoms with Crippen molar-refractivity contribution in [3.05, 3.63) is 0 Å². The second-order valence-corrected chi connectivity index (χ2v) is 5.96. The van der Waals surface area contributed by atoms with Crippen LogP contribution < -0.4 is 0 Å². The van der Waals surface area contributed by atoms with Crippen LogP contribution >= 0.6 is 0 Å². The lowest BCUT2D eigenvalue weighted by atomic mass is 9.51. The van der Waals surface area contributed by atoms with Gasteiger partial charge < -0.3 is 0 Å². The molecule has 2 rings (SSSR count). The Morgan fingerprint density at radius 2 is 1.29 bits per heavy atom. The molecule has 14 heavy (non-hydrogen) atoms. The van der Waals surface area contributed by atoms with Crippen LogP contribution in [0.4, 0.5) is 0 Å². The van der Waals surface area contributed by atoms with E-state index in [1.165, 1.54) is 64.2 Å². The van der Waals surface area contributed by atoms with E-state index < -0.39 is 0 Å². The summed E-state index contributed by atoms with van der Waals surface area (Å²) in [6.45, 7) is 5.00. The van der Waals surface area contributed by atoms with E-state index in [1.54, 1.807) is 0 Å². The van der Waals surface area contributed by atoms with Gasteiger partial charge in [-0.2, -0.15) is 0 Å². The van der Waals surface area contributed by atoms with Gasteiger partial charge in [0.15, 0.2) is 0 Å². The fourth-order valence-electron chi connectivity index (χ4n) is 4.18. The van der Waals surface area contributed by atoms with Gasteiger partial charge >= 0.3 is 0 Å². The van der Waals surface area contributed by atoms with Gasteiger partial charge in [-0.05, 0) is 36.5 Å².